The highest BCUT2D eigenvalue weighted by Crippen LogP contribution is 2.58. The van der Waals surface area contributed by atoms with Crippen LogP contribution < -0.4 is 5.32 Å². The number of amides is 1. The fraction of sp³-hybridized carbons (Fsp3) is 0.350. The molecule has 1 fully saturated rings. The van der Waals surface area contributed by atoms with Gasteiger partial charge in [-0.2, -0.15) is 13.2 Å². The van der Waals surface area contributed by atoms with E-state index in [2.05, 4.69) is 14.2 Å². The molecule has 1 N–H and O–H groups in total. The maximum atomic E-state index is 13.2. The van der Waals surface area contributed by atoms with Crippen molar-refractivity contribution in [1.29, 1.82) is 0 Å². The number of nitrogens with one attached hydrogen (secondary N) is 1. The first-order valence-corrected chi connectivity index (χ1v) is 13.1. The van der Waals surface area contributed by atoms with E-state index < -0.39 is 18.9 Å². The molecular formula is C20H22ClF3N2O3P2. The average Bonchev–Trinajstić information content (AvgIpc) is 2.73. The van der Waals surface area contributed by atoms with Gasteiger partial charge in [0.05, 0.1) is 10.6 Å². The van der Waals surface area contributed by atoms with E-state index in [9.17, 15) is 22.5 Å². The van der Waals surface area contributed by atoms with Crippen molar-refractivity contribution < 1.29 is 27.1 Å². The predicted octanol–water partition coefficient (Wildman–Crippen LogP) is 5.85. The maximum Gasteiger partial charge on any atom is 0.417 e. The van der Waals surface area contributed by atoms with Gasteiger partial charge in [-0.25, -0.2) is 4.67 Å². The highest BCUT2D eigenvalue weighted by atomic mass is 35.5. The molecule has 1 saturated heterocycles. The Labute approximate surface area is 185 Å². The van der Waals surface area contributed by atoms with Crippen molar-refractivity contribution >= 4 is 33.6 Å². The van der Waals surface area contributed by atoms with Gasteiger partial charge in [0.25, 0.3) is 13.1 Å². The minimum atomic E-state index is -4.57. The van der Waals surface area contributed by atoms with Gasteiger partial charge in [-0.15, -0.1) is 0 Å². The first-order valence-electron chi connectivity index (χ1n) is 9.49. The van der Waals surface area contributed by atoms with Crippen LogP contribution in [-0.2, 0) is 15.3 Å². The van der Waals surface area contributed by atoms with Gasteiger partial charge in [0.15, 0.2) is 0 Å². The summed E-state index contributed by atoms with van der Waals surface area (Å²) in [6, 6.07) is 9.99. The van der Waals surface area contributed by atoms with Crippen LogP contribution in [0.2, 0.25) is 5.02 Å². The quantitative estimate of drug-likeness (QED) is 0.532. The van der Waals surface area contributed by atoms with E-state index in [1.54, 1.807) is 28.9 Å². The Morgan fingerprint density at radius 1 is 1.19 bits per heavy atom. The topological polar surface area (TPSA) is 58.6 Å². The summed E-state index contributed by atoms with van der Waals surface area (Å²) in [5, 5.41) is 2.57. The van der Waals surface area contributed by atoms with E-state index in [0.717, 1.165) is 6.07 Å². The number of carbonyl (C=O) groups is 1. The van der Waals surface area contributed by atoms with Gasteiger partial charge in [0.1, 0.15) is 0 Å². The van der Waals surface area contributed by atoms with Crippen LogP contribution in [-0.4, -0.2) is 36.8 Å². The second-order valence-electron chi connectivity index (χ2n) is 7.22. The van der Waals surface area contributed by atoms with Crippen LogP contribution >= 0.6 is 27.7 Å². The summed E-state index contributed by atoms with van der Waals surface area (Å²) in [7, 11) is 0.762. The number of hydrogen-bond acceptors (Lipinski definition) is 3. The van der Waals surface area contributed by atoms with Crippen molar-refractivity contribution in [3.63, 3.8) is 0 Å². The van der Waals surface area contributed by atoms with Crippen LogP contribution in [0.4, 0.5) is 13.2 Å². The lowest BCUT2D eigenvalue weighted by Crippen LogP contribution is -2.43. The number of hydrogen-bond donors (Lipinski definition) is 1. The molecule has 5 nitrogen and oxygen atoms in total. The van der Waals surface area contributed by atoms with Gasteiger partial charge in [0, 0.05) is 31.8 Å². The monoisotopic (exact) mass is 492 g/mol. The minimum absolute atomic E-state index is 0.0957. The largest absolute Gasteiger partial charge is 0.417 e. The van der Waals surface area contributed by atoms with Crippen molar-refractivity contribution in [2.75, 3.05) is 20.2 Å². The summed E-state index contributed by atoms with van der Waals surface area (Å²) < 4.78 is 58.5. The Morgan fingerprint density at radius 2 is 1.84 bits per heavy atom. The van der Waals surface area contributed by atoms with Crippen molar-refractivity contribution in [3.8, 4) is 11.1 Å². The molecule has 1 heterocycles. The number of alkyl halides is 3. The van der Waals surface area contributed by atoms with Crippen LogP contribution in [0.3, 0.4) is 0 Å². The molecule has 0 spiro atoms. The van der Waals surface area contributed by atoms with Gasteiger partial charge in [0.2, 0.25) is 0 Å². The average molecular weight is 493 g/mol. The van der Waals surface area contributed by atoms with E-state index >= 15 is 0 Å². The molecule has 168 valence electrons. The second-order valence-corrected chi connectivity index (χ2v) is 11.6. The number of benzene rings is 2. The third kappa shape index (κ3) is 5.88. The lowest BCUT2D eigenvalue weighted by atomic mass is 10.00. The Bertz CT molecular complexity index is 1010. The predicted molar refractivity (Wildman–Crippen MR) is 118 cm³/mol. The van der Waals surface area contributed by atoms with E-state index in [-0.39, 0.29) is 17.0 Å². The smallest absolute Gasteiger partial charge is 0.349 e. The molecule has 2 aromatic rings. The van der Waals surface area contributed by atoms with Gasteiger partial charge < -0.3 is 9.84 Å². The zero-order chi connectivity index (χ0) is 22.8. The highest BCUT2D eigenvalue weighted by Gasteiger charge is 2.33. The Balaban J connectivity index is 1.71. The Hall–Kier alpha value is -1.43. The standard InChI is InChI=1S/C20H22ClF3N2O3P2/c1-29-31(28,30)26-9-7-16(8-10-26)25-19(27)15-4-2-3-13(11-15)14-5-6-18(21)17(12-14)20(22,23)24/h2-6,11-12,16H,7-10,30H2,1H3,(H,25,27). The van der Waals surface area contributed by atoms with Crippen molar-refractivity contribution in [1.82, 2.24) is 9.99 Å². The maximum absolute atomic E-state index is 13.2. The zero-order valence-electron chi connectivity index (χ0n) is 16.7. The molecule has 1 aliphatic heterocycles. The normalized spacial score (nSPS) is 17.9. The minimum Gasteiger partial charge on any atom is -0.349 e. The third-order valence-electron chi connectivity index (χ3n) is 5.19. The molecule has 0 saturated carbocycles. The van der Waals surface area contributed by atoms with Gasteiger partial charge in [-0.1, -0.05) is 29.8 Å². The van der Waals surface area contributed by atoms with Crippen LogP contribution in [0.1, 0.15) is 28.8 Å². The summed E-state index contributed by atoms with van der Waals surface area (Å²) in [6.07, 6.45) is -3.35. The van der Waals surface area contributed by atoms with E-state index in [0.29, 0.717) is 42.6 Å². The summed E-state index contributed by atoms with van der Waals surface area (Å²) >= 11 is 5.69. The molecule has 0 bridgehead atoms. The summed E-state index contributed by atoms with van der Waals surface area (Å²) in [6.45, 7) is 1.04. The number of halogens is 4. The van der Waals surface area contributed by atoms with E-state index in [4.69, 9.17) is 16.1 Å². The number of rotatable bonds is 5. The van der Waals surface area contributed by atoms with Crippen LogP contribution in [0.15, 0.2) is 42.5 Å². The van der Waals surface area contributed by atoms with E-state index in [1.807, 2.05) is 0 Å². The van der Waals surface area contributed by atoms with E-state index in [1.165, 1.54) is 19.2 Å². The fourth-order valence-electron chi connectivity index (χ4n) is 3.44. The lowest BCUT2D eigenvalue weighted by Gasteiger charge is -2.34. The molecule has 11 heteroatoms. The van der Waals surface area contributed by atoms with Crippen molar-refractivity contribution in [2.24, 2.45) is 0 Å². The number of piperidine rings is 1. The Kier molecular flexibility index (Phi) is 7.50. The molecule has 2 aromatic carbocycles. The molecule has 31 heavy (non-hydrogen) atoms. The molecular weight excluding hydrogens is 471 g/mol. The molecule has 0 radical (unpaired) electrons. The van der Waals surface area contributed by atoms with Gasteiger partial charge in [-0.05, 0) is 57.2 Å². The van der Waals surface area contributed by atoms with Gasteiger partial charge >= 0.3 is 6.18 Å². The summed E-state index contributed by atoms with van der Waals surface area (Å²) in [4.78, 5) is 12.7. The highest BCUT2D eigenvalue weighted by molar-refractivity contribution is 8.13. The molecule has 3 rings (SSSR count). The summed E-state index contributed by atoms with van der Waals surface area (Å²) in [5.41, 5.74) is 0.219. The first-order chi connectivity index (χ1) is 14.5. The summed E-state index contributed by atoms with van der Waals surface area (Å²) in [5.74, 6) is -0.314. The number of carbonyl (C=O) groups excluding carboxylic acids is 1. The van der Waals surface area contributed by atoms with Crippen molar-refractivity contribution in [2.45, 2.75) is 25.1 Å². The van der Waals surface area contributed by atoms with Gasteiger partial charge in [-0.3, -0.25) is 9.36 Å². The molecule has 2 atom stereocenters. The van der Waals surface area contributed by atoms with Crippen LogP contribution in [0, 0.1) is 0 Å². The molecule has 1 aliphatic rings. The molecule has 0 aliphatic carbocycles. The van der Waals surface area contributed by atoms with Crippen LogP contribution in [0.25, 0.3) is 11.1 Å². The zero-order valence-corrected chi connectivity index (χ0v) is 19.5. The molecule has 0 aromatic heterocycles. The first kappa shape index (κ1) is 24.2. The van der Waals surface area contributed by atoms with Crippen LogP contribution in [0.5, 0.6) is 0 Å². The fourth-order valence-corrected chi connectivity index (χ4v) is 5.37. The third-order valence-corrected chi connectivity index (χ3v) is 8.85. The van der Waals surface area contributed by atoms with Crippen molar-refractivity contribution in [3.05, 3.63) is 58.6 Å². The lowest BCUT2D eigenvalue weighted by molar-refractivity contribution is -0.137. The number of nitrogens with zero attached hydrogens (tertiary/aromatic N) is 1. The second kappa shape index (κ2) is 9.60. The molecule has 2 unspecified atom stereocenters. The molecule has 1 amide bonds. The Morgan fingerprint density at radius 3 is 2.45 bits per heavy atom. The SMILES string of the molecule is COP(=O)(P)N1CCC(NC(=O)c2cccc(-c3ccc(Cl)c(C(F)(F)F)c3)c2)CC1.